The molecule has 1 aromatic carbocycles. The predicted octanol–water partition coefficient (Wildman–Crippen LogP) is 3.32. The largest absolute Gasteiger partial charge is 0.444 e. The summed E-state index contributed by atoms with van der Waals surface area (Å²) in [5, 5.41) is 0. The number of anilines is 1. The smallest absolute Gasteiger partial charge is 0.410 e. The van der Waals surface area contributed by atoms with E-state index in [4.69, 9.17) is 9.15 Å². The highest BCUT2D eigenvalue weighted by Crippen LogP contribution is 2.19. The lowest BCUT2D eigenvalue weighted by atomic mass is 10.1. The van der Waals surface area contributed by atoms with Gasteiger partial charge in [-0.05, 0) is 26.3 Å². The molecule has 6 nitrogen and oxygen atoms in total. The van der Waals surface area contributed by atoms with Crippen LogP contribution >= 0.6 is 0 Å². The molecule has 3 rings (SSSR count). The van der Waals surface area contributed by atoms with Gasteiger partial charge in [-0.25, -0.2) is 4.79 Å². The van der Waals surface area contributed by atoms with E-state index in [1.54, 1.807) is 11.2 Å². The van der Waals surface area contributed by atoms with Crippen molar-refractivity contribution >= 4 is 12.1 Å². The van der Waals surface area contributed by atoms with Crippen LogP contribution in [0.2, 0.25) is 0 Å². The van der Waals surface area contributed by atoms with Crippen LogP contribution in [0.5, 0.6) is 0 Å². The van der Waals surface area contributed by atoms with Gasteiger partial charge in [0.15, 0.2) is 0 Å². The molecule has 1 aromatic heterocycles. The SMILES string of the molecule is CC(C)(C)OC(=O)N1CCN(c2nc(Cc3ccccc3)co2)CC1. The van der Waals surface area contributed by atoms with E-state index in [1.807, 2.05) is 39.0 Å². The van der Waals surface area contributed by atoms with Gasteiger partial charge >= 0.3 is 6.09 Å². The fourth-order valence-electron chi connectivity index (χ4n) is 2.73. The predicted molar refractivity (Wildman–Crippen MR) is 95.8 cm³/mol. The van der Waals surface area contributed by atoms with Gasteiger partial charge in [0.25, 0.3) is 6.01 Å². The molecule has 0 aliphatic carbocycles. The highest BCUT2D eigenvalue weighted by atomic mass is 16.6. The van der Waals surface area contributed by atoms with Crippen LogP contribution in [0.3, 0.4) is 0 Å². The number of carbonyl (C=O) groups excluding carboxylic acids is 1. The summed E-state index contributed by atoms with van der Waals surface area (Å²) < 4.78 is 11.1. The Labute approximate surface area is 148 Å². The van der Waals surface area contributed by atoms with Crippen LogP contribution in [-0.4, -0.2) is 47.8 Å². The first kappa shape index (κ1) is 17.3. The number of piperazine rings is 1. The normalized spacial score (nSPS) is 15.3. The molecule has 6 heteroatoms. The van der Waals surface area contributed by atoms with Crippen LogP contribution in [0.4, 0.5) is 10.8 Å². The lowest BCUT2D eigenvalue weighted by molar-refractivity contribution is 0.0239. The van der Waals surface area contributed by atoms with Crippen molar-refractivity contribution in [3.8, 4) is 0 Å². The number of rotatable bonds is 3. The second-order valence-corrected chi connectivity index (χ2v) is 7.24. The molecule has 1 amide bonds. The summed E-state index contributed by atoms with van der Waals surface area (Å²) in [7, 11) is 0. The lowest BCUT2D eigenvalue weighted by Crippen LogP contribution is -2.50. The fourth-order valence-corrected chi connectivity index (χ4v) is 2.73. The van der Waals surface area contributed by atoms with Crippen molar-refractivity contribution in [3.05, 3.63) is 47.9 Å². The highest BCUT2D eigenvalue weighted by molar-refractivity contribution is 5.68. The van der Waals surface area contributed by atoms with Gasteiger partial charge in [0.2, 0.25) is 0 Å². The van der Waals surface area contributed by atoms with Gasteiger partial charge < -0.3 is 19.0 Å². The van der Waals surface area contributed by atoms with E-state index < -0.39 is 5.60 Å². The summed E-state index contributed by atoms with van der Waals surface area (Å²) in [5.41, 5.74) is 1.65. The molecular formula is C19H25N3O3. The van der Waals surface area contributed by atoms with Crippen molar-refractivity contribution in [2.75, 3.05) is 31.1 Å². The minimum Gasteiger partial charge on any atom is -0.444 e. The molecule has 1 aliphatic heterocycles. The number of aromatic nitrogens is 1. The number of benzene rings is 1. The van der Waals surface area contributed by atoms with Gasteiger partial charge in [-0.15, -0.1) is 0 Å². The van der Waals surface area contributed by atoms with Crippen molar-refractivity contribution in [2.24, 2.45) is 0 Å². The molecule has 0 spiro atoms. The third kappa shape index (κ3) is 4.75. The standard InChI is InChI=1S/C19H25N3O3/c1-19(2,3)25-18(23)22-11-9-21(10-12-22)17-20-16(14-24-17)13-15-7-5-4-6-8-15/h4-8,14H,9-13H2,1-3H3. The summed E-state index contributed by atoms with van der Waals surface area (Å²) in [6.07, 6.45) is 2.20. The average Bonchev–Trinajstić information content (AvgIpc) is 3.03. The van der Waals surface area contributed by atoms with E-state index in [0.29, 0.717) is 32.2 Å². The van der Waals surface area contributed by atoms with Crippen molar-refractivity contribution in [2.45, 2.75) is 32.8 Å². The molecule has 0 bridgehead atoms. The van der Waals surface area contributed by atoms with Crippen molar-refractivity contribution in [1.29, 1.82) is 0 Å². The third-order valence-electron chi connectivity index (χ3n) is 3.97. The maximum Gasteiger partial charge on any atom is 0.410 e. The molecule has 0 radical (unpaired) electrons. The van der Waals surface area contributed by atoms with E-state index in [-0.39, 0.29) is 6.09 Å². The first-order valence-corrected chi connectivity index (χ1v) is 8.62. The monoisotopic (exact) mass is 343 g/mol. The third-order valence-corrected chi connectivity index (χ3v) is 3.97. The molecule has 0 unspecified atom stereocenters. The summed E-state index contributed by atoms with van der Waals surface area (Å²) in [5.74, 6) is 0. The van der Waals surface area contributed by atoms with Crippen LogP contribution in [-0.2, 0) is 11.2 Å². The fraction of sp³-hybridized carbons (Fsp3) is 0.474. The Morgan fingerprint density at radius 2 is 1.84 bits per heavy atom. The number of carbonyl (C=O) groups is 1. The van der Waals surface area contributed by atoms with Gasteiger partial charge in [0.05, 0.1) is 5.69 Å². The lowest BCUT2D eigenvalue weighted by Gasteiger charge is -2.34. The Hall–Kier alpha value is -2.50. The molecule has 1 saturated heterocycles. The molecule has 1 fully saturated rings. The average molecular weight is 343 g/mol. The van der Waals surface area contributed by atoms with Gasteiger partial charge in [-0.2, -0.15) is 4.98 Å². The molecule has 25 heavy (non-hydrogen) atoms. The van der Waals surface area contributed by atoms with E-state index in [1.165, 1.54) is 5.56 Å². The van der Waals surface area contributed by atoms with E-state index in [9.17, 15) is 4.79 Å². The minimum atomic E-state index is -0.469. The molecule has 0 atom stereocenters. The van der Waals surface area contributed by atoms with Crippen molar-refractivity contribution in [3.63, 3.8) is 0 Å². The minimum absolute atomic E-state index is 0.260. The van der Waals surface area contributed by atoms with Crippen LogP contribution in [0.1, 0.15) is 32.0 Å². The molecular weight excluding hydrogens is 318 g/mol. The number of ether oxygens (including phenoxy) is 1. The second-order valence-electron chi connectivity index (χ2n) is 7.24. The first-order valence-electron chi connectivity index (χ1n) is 8.62. The molecule has 0 N–H and O–H groups in total. The summed E-state index contributed by atoms with van der Waals surface area (Å²) >= 11 is 0. The number of nitrogens with zero attached hydrogens (tertiary/aromatic N) is 3. The Balaban J connectivity index is 1.54. The molecule has 2 aromatic rings. The summed E-state index contributed by atoms with van der Waals surface area (Å²) in [6, 6.07) is 10.8. The maximum absolute atomic E-state index is 12.1. The van der Waals surface area contributed by atoms with Gasteiger partial charge in [0, 0.05) is 32.6 Å². The zero-order valence-electron chi connectivity index (χ0n) is 15.1. The number of oxazole rings is 1. The first-order chi connectivity index (χ1) is 11.9. The summed E-state index contributed by atoms with van der Waals surface area (Å²) in [6.45, 7) is 8.21. The Kier molecular flexibility index (Phi) is 4.97. The number of hydrogen-bond acceptors (Lipinski definition) is 5. The second kappa shape index (κ2) is 7.17. The molecule has 0 saturated carbocycles. The van der Waals surface area contributed by atoms with E-state index in [0.717, 1.165) is 12.1 Å². The van der Waals surface area contributed by atoms with Crippen LogP contribution < -0.4 is 4.90 Å². The van der Waals surface area contributed by atoms with Crippen LogP contribution in [0.25, 0.3) is 0 Å². The Morgan fingerprint density at radius 3 is 2.48 bits per heavy atom. The summed E-state index contributed by atoms with van der Waals surface area (Å²) in [4.78, 5) is 20.5. The quantitative estimate of drug-likeness (QED) is 0.855. The Bertz CT molecular complexity index is 698. The number of amides is 1. The van der Waals surface area contributed by atoms with Gasteiger partial charge in [-0.1, -0.05) is 30.3 Å². The zero-order valence-corrected chi connectivity index (χ0v) is 15.1. The van der Waals surface area contributed by atoms with E-state index >= 15 is 0 Å². The van der Waals surface area contributed by atoms with Gasteiger partial charge in [-0.3, -0.25) is 0 Å². The maximum atomic E-state index is 12.1. The zero-order chi connectivity index (χ0) is 17.9. The Morgan fingerprint density at radius 1 is 1.16 bits per heavy atom. The molecule has 2 heterocycles. The van der Waals surface area contributed by atoms with Crippen LogP contribution in [0.15, 0.2) is 41.0 Å². The highest BCUT2D eigenvalue weighted by Gasteiger charge is 2.27. The topological polar surface area (TPSA) is 58.8 Å². The van der Waals surface area contributed by atoms with Gasteiger partial charge in [0.1, 0.15) is 11.9 Å². The molecule has 134 valence electrons. The van der Waals surface area contributed by atoms with Crippen LogP contribution in [0, 0.1) is 0 Å². The van der Waals surface area contributed by atoms with Crippen molar-refractivity contribution < 1.29 is 13.9 Å². The number of hydrogen-bond donors (Lipinski definition) is 0. The van der Waals surface area contributed by atoms with E-state index in [2.05, 4.69) is 22.0 Å². The van der Waals surface area contributed by atoms with Crippen molar-refractivity contribution in [1.82, 2.24) is 9.88 Å². The molecule has 1 aliphatic rings.